The van der Waals surface area contributed by atoms with E-state index < -0.39 is 0 Å². The Morgan fingerprint density at radius 3 is 2.39 bits per heavy atom. The predicted molar refractivity (Wildman–Crippen MR) is 111 cm³/mol. The van der Waals surface area contributed by atoms with E-state index in [2.05, 4.69) is 16.3 Å². The van der Waals surface area contributed by atoms with Crippen molar-refractivity contribution in [3.05, 3.63) is 47.5 Å². The minimum Gasteiger partial charge on any atom is -0.493 e. The lowest BCUT2D eigenvalue weighted by molar-refractivity contribution is 0.0746. The van der Waals surface area contributed by atoms with E-state index >= 15 is 0 Å². The summed E-state index contributed by atoms with van der Waals surface area (Å²) in [5, 5.41) is 3.14. The molecule has 3 rings (SSSR count). The van der Waals surface area contributed by atoms with Gasteiger partial charge in [-0.3, -0.25) is 4.79 Å². The van der Waals surface area contributed by atoms with E-state index in [0.29, 0.717) is 30.2 Å². The maximum absolute atomic E-state index is 12.9. The monoisotopic (exact) mass is 384 g/mol. The molecule has 1 saturated heterocycles. The van der Waals surface area contributed by atoms with Crippen LogP contribution in [0.15, 0.2) is 36.4 Å². The molecule has 0 atom stereocenters. The van der Waals surface area contributed by atoms with Crippen molar-refractivity contribution in [3.8, 4) is 11.5 Å². The number of nitrogens with one attached hydrogen (secondary N) is 1. The van der Waals surface area contributed by atoms with Crippen molar-refractivity contribution in [2.45, 2.75) is 6.54 Å². The molecule has 1 aliphatic rings. The molecule has 0 saturated carbocycles. The van der Waals surface area contributed by atoms with Crippen LogP contribution < -0.4 is 25.4 Å². The Morgan fingerprint density at radius 2 is 1.75 bits per heavy atom. The standard InChI is InChI=1S/C21H28N4O3/c1-23-14-16-12-17(5-6-18(16)22)24-8-10-25(11-9-24)21(26)15-4-7-19(27-2)20(13-15)28-3/h4-7,12-13,23H,8-11,14,22H2,1-3H3. The molecule has 1 aliphatic heterocycles. The Morgan fingerprint density at radius 1 is 1.04 bits per heavy atom. The van der Waals surface area contributed by atoms with Crippen LogP contribution in [0.3, 0.4) is 0 Å². The number of piperazine rings is 1. The first-order valence-electron chi connectivity index (χ1n) is 9.36. The van der Waals surface area contributed by atoms with Gasteiger partial charge in [-0.15, -0.1) is 0 Å². The van der Waals surface area contributed by atoms with Crippen LogP contribution in [0.2, 0.25) is 0 Å². The Hall–Kier alpha value is -2.93. The molecule has 7 heteroatoms. The quantitative estimate of drug-likeness (QED) is 0.742. The molecule has 0 radical (unpaired) electrons. The van der Waals surface area contributed by atoms with Crippen molar-refractivity contribution >= 4 is 17.3 Å². The first-order valence-corrected chi connectivity index (χ1v) is 9.36. The van der Waals surface area contributed by atoms with Gasteiger partial charge in [-0.25, -0.2) is 0 Å². The topological polar surface area (TPSA) is 80.1 Å². The molecule has 0 spiro atoms. The number of amides is 1. The van der Waals surface area contributed by atoms with Crippen LogP contribution in [-0.4, -0.2) is 58.3 Å². The number of anilines is 2. The minimum absolute atomic E-state index is 0.00813. The smallest absolute Gasteiger partial charge is 0.254 e. The molecule has 2 aromatic rings. The van der Waals surface area contributed by atoms with Crippen molar-refractivity contribution in [1.82, 2.24) is 10.2 Å². The maximum atomic E-state index is 12.9. The average Bonchev–Trinajstić information content (AvgIpc) is 2.74. The Labute approximate surface area is 166 Å². The van der Waals surface area contributed by atoms with E-state index in [1.54, 1.807) is 32.4 Å². The zero-order chi connectivity index (χ0) is 20.1. The van der Waals surface area contributed by atoms with E-state index in [1.807, 2.05) is 24.1 Å². The summed E-state index contributed by atoms with van der Waals surface area (Å²) < 4.78 is 10.6. The number of carbonyl (C=O) groups excluding carboxylic acids is 1. The molecule has 0 bridgehead atoms. The third-order valence-electron chi connectivity index (χ3n) is 5.06. The van der Waals surface area contributed by atoms with E-state index in [9.17, 15) is 4.79 Å². The molecule has 7 nitrogen and oxygen atoms in total. The Bertz CT molecular complexity index is 832. The third-order valence-corrected chi connectivity index (χ3v) is 5.06. The van der Waals surface area contributed by atoms with E-state index in [0.717, 1.165) is 36.6 Å². The second-order valence-corrected chi connectivity index (χ2v) is 6.76. The lowest BCUT2D eigenvalue weighted by Crippen LogP contribution is -2.48. The van der Waals surface area contributed by atoms with E-state index in [4.69, 9.17) is 15.2 Å². The molecule has 28 heavy (non-hydrogen) atoms. The first kappa shape index (κ1) is 19.8. The number of rotatable bonds is 6. The fourth-order valence-electron chi connectivity index (χ4n) is 3.45. The molecule has 150 valence electrons. The molecule has 2 aromatic carbocycles. The van der Waals surface area contributed by atoms with Crippen LogP contribution in [0.5, 0.6) is 11.5 Å². The second kappa shape index (κ2) is 8.84. The van der Waals surface area contributed by atoms with Crippen LogP contribution in [0.4, 0.5) is 11.4 Å². The third kappa shape index (κ3) is 4.14. The second-order valence-electron chi connectivity index (χ2n) is 6.76. The van der Waals surface area contributed by atoms with Crippen molar-refractivity contribution < 1.29 is 14.3 Å². The number of ether oxygens (including phenoxy) is 2. The summed E-state index contributed by atoms with van der Waals surface area (Å²) in [4.78, 5) is 17.0. The molecule has 3 N–H and O–H groups in total. The van der Waals surface area contributed by atoms with Gasteiger partial charge >= 0.3 is 0 Å². The van der Waals surface area contributed by atoms with Gasteiger partial charge in [-0.1, -0.05) is 0 Å². The highest BCUT2D eigenvalue weighted by Crippen LogP contribution is 2.28. The summed E-state index contributed by atoms with van der Waals surface area (Å²) in [5.41, 5.74) is 9.67. The van der Waals surface area contributed by atoms with Crippen LogP contribution >= 0.6 is 0 Å². The maximum Gasteiger partial charge on any atom is 0.254 e. The van der Waals surface area contributed by atoms with Gasteiger partial charge in [0.2, 0.25) is 0 Å². The predicted octanol–water partition coefficient (Wildman–Crippen LogP) is 1.97. The van der Waals surface area contributed by atoms with Crippen LogP contribution in [0, 0.1) is 0 Å². The molecular weight excluding hydrogens is 356 g/mol. The number of hydrogen-bond donors (Lipinski definition) is 2. The summed E-state index contributed by atoms with van der Waals surface area (Å²) in [6.07, 6.45) is 0. The van der Waals surface area contributed by atoms with Gasteiger partial charge in [0.1, 0.15) is 0 Å². The zero-order valence-electron chi connectivity index (χ0n) is 16.7. The fourth-order valence-corrected chi connectivity index (χ4v) is 3.45. The highest BCUT2D eigenvalue weighted by Gasteiger charge is 2.23. The van der Waals surface area contributed by atoms with Gasteiger partial charge < -0.3 is 30.3 Å². The van der Waals surface area contributed by atoms with Gasteiger partial charge in [-0.05, 0) is 49.0 Å². The number of carbonyl (C=O) groups is 1. The van der Waals surface area contributed by atoms with Gasteiger partial charge in [0, 0.05) is 49.7 Å². The molecule has 0 aromatic heterocycles. The molecule has 0 aliphatic carbocycles. The molecule has 0 unspecified atom stereocenters. The Balaban J connectivity index is 1.67. The largest absolute Gasteiger partial charge is 0.493 e. The molecule has 1 heterocycles. The molecule has 1 amide bonds. The molecule has 1 fully saturated rings. The van der Waals surface area contributed by atoms with Crippen LogP contribution in [0.1, 0.15) is 15.9 Å². The average molecular weight is 384 g/mol. The zero-order valence-corrected chi connectivity index (χ0v) is 16.7. The van der Waals surface area contributed by atoms with Crippen molar-refractivity contribution in [3.63, 3.8) is 0 Å². The van der Waals surface area contributed by atoms with Gasteiger partial charge in [0.25, 0.3) is 5.91 Å². The number of nitrogens with two attached hydrogens (primary N) is 1. The SMILES string of the molecule is CNCc1cc(N2CCN(C(=O)c3ccc(OC)c(OC)c3)CC2)ccc1N. The Kier molecular flexibility index (Phi) is 6.26. The highest BCUT2D eigenvalue weighted by atomic mass is 16.5. The van der Waals surface area contributed by atoms with Crippen LogP contribution in [0.25, 0.3) is 0 Å². The van der Waals surface area contributed by atoms with Crippen molar-refractivity contribution in [1.29, 1.82) is 0 Å². The summed E-state index contributed by atoms with van der Waals surface area (Å²) in [6, 6.07) is 11.4. The normalized spacial score (nSPS) is 14.1. The van der Waals surface area contributed by atoms with E-state index in [1.165, 1.54) is 0 Å². The van der Waals surface area contributed by atoms with Gasteiger partial charge in [0.15, 0.2) is 11.5 Å². The lowest BCUT2D eigenvalue weighted by atomic mass is 10.1. The number of benzene rings is 2. The highest BCUT2D eigenvalue weighted by molar-refractivity contribution is 5.95. The van der Waals surface area contributed by atoms with Crippen molar-refractivity contribution in [2.75, 3.05) is 58.1 Å². The fraction of sp³-hybridized carbons (Fsp3) is 0.381. The molecular formula is C21H28N4O3. The number of methoxy groups -OCH3 is 2. The van der Waals surface area contributed by atoms with Crippen LogP contribution in [-0.2, 0) is 6.54 Å². The van der Waals surface area contributed by atoms with Crippen molar-refractivity contribution in [2.24, 2.45) is 0 Å². The minimum atomic E-state index is 0.00813. The lowest BCUT2D eigenvalue weighted by Gasteiger charge is -2.36. The summed E-state index contributed by atoms with van der Waals surface area (Å²) in [5.74, 6) is 1.18. The number of hydrogen-bond acceptors (Lipinski definition) is 6. The van der Waals surface area contributed by atoms with Gasteiger partial charge in [-0.2, -0.15) is 0 Å². The summed E-state index contributed by atoms with van der Waals surface area (Å²) in [6.45, 7) is 3.62. The number of nitrogen functional groups attached to an aromatic ring is 1. The number of nitrogens with zero attached hydrogens (tertiary/aromatic N) is 2. The summed E-state index contributed by atoms with van der Waals surface area (Å²) >= 11 is 0. The first-order chi connectivity index (χ1) is 13.6. The van der Waals surface area contributed by atoms with E-state index in [-0.39, 0.29) is 5.91 Å². The summed E-state index contributed by atoms with van der Waals surface area (Å²) in [7, 11) is 5.06. The van der Waals surface area contributed by atoms with Gasteiger partial charge in [0.05, 0.1) is 14.2 Å².